The van der Waals surface area contributed by atoms with Gasteiger partial charge in [0.15, 0.2) is 0 Å². The number of allylic oxidation sites excluding steroid dienone is 13. The largest absolute Gasteiger partial charge is 0.394 e. The number of nitrogens with one attached hydrogen (secondary N) is 1. The zero-order valence-electron chi connectivity index (χ0n) is 43.9. The third-order valence-electron chi connectivity index (χ3n) is 12.9. The van der Waals surface area contributed by atoms with E-state index in [2.05, 4.69) is 92.1 Å². The van der Waals surface area contributed by atoms with Gasteiger partial charge in [0.05, 0.1) is 18.8 Å². The van der Waals surface area contributed by atoms with E-state index in [0.717, 1.165) is 64.2 Å². The Labute approximate surface area is 411 Å². The van der Waals surface area contributed by atoms with Crippen molar-refractivity contribution in [2.24, 2.45) is 0 Å². The Morgan fingerprint density at radius 2 is 0.682 bits per heavy atom. The van der Waals surface area contributed by atoms with Gasteiger partial charge in [-0.05, 0) is 77.0 Å². The summed E-state index contributed by atoms with van der Waals surface area (Å²) in [6.07, 6.45) is 83.2. The second-order valence-corrected chi connectivity index (χ2v) is 19.3. The molecule has 1 amide bonds. The number of hydrogen-bond donors (Lipinski definition) is 3. The quantitative estimate of drug-likeness (QED) is 0.0421. The molecule has 0 aliphatic carbocycles. The molecule has 4 nitrogen and oxygen atoms in total. The van der Waals surface area contributed by atoms with Gasteiger partial charge in [-0.15, -0.1) is 0 Å². The highest BCUT2D eigenvalue weighted by Gasteiger charge is 2.18. The SMILES string of the molecule is CC/C=C\C/C=C\C/C=C\C/C=C\C/C=C\CCCCCCCCCCCCCC(=O)NC(CO)C(O)/C=C/CC/C=C/CCCCCCCCCCCCCCCCCCCCCCC. The highest BCUT2D eigenvalue weighted by Crippen LogP contribution is 2.16. The molecule has 0 rings (SSSR count). The van der Waals surface area contributed by atoms with Crippen LogP contribution in [0.2, 0.25) is 0 Å². The Hall–Kier alpha value is -2.43. The molecule has 0 radical (unpaired) electrons. The zero-order chi connectivity index (χ0) is 47.7. The minimum atomic E-state index is -0.869. The molecule has 2 atom stereocenters. The number of hydrogen-bond acceptors (Lipinski definition) is 3. The highest BCUT2D eigenvalue weighted by atomic mass is 16.3. The molecule has 0 spiro atoms. The molecular formula is C62H111NO3. The van der Waals surface area contributed by atoms with E-state index in [1.54, 1.807) is 6.08 Å². The molecule has 4 heteroatoms. The summed E-state index contributed by atoms with van der Waals surface area (Å²) >= 11 is 0. The first-order valence-corrected chi connectivity index (χ1v) is 28.8. The van der Waals surface area contributed by atoms with Crippen LogP contribution in [0.4, 0.5) is 0 Å². The first kappa shape index (κ1) is 63.6. The van der Waals surface area contributed by atoms with Gasteiger partial charge in [0.25, 0.3) is 0 Å². The van der Waals surface area contributed by atoms with Crippen LogP contribution >= 0.6 is 0 Å². The molecule has 0 aromatic heterocycles. The lowest BCUT2D eigenvalue weighted by Gasteiger charge is -2.19. The summed E-state index contributed by atoms with van der Waals surface area (Å²) in [4.78, 5) is 12.5. The normalized spacial score (nSPS) is 13.5. The summed E-state index contributed by atoms with van der Waals surface area (Å²) in [6.45, 7) is 4.20. The Kier molecular flexibility index (Phi) is 54.8. The maximum absolute atomic E-state index is 12.5. The highest BCUT2D eigenvalue weighted by molar-refractivity contribution is 5.76. The molecular weight excluding hydrogens is 807 g/mol. The summed E-state index contributed by atoms with van der Waals surface area (Å²) in [5.41, 5.74) is 0. The van der Waals surface area contributed by atoms with Crippen molar-refractivity contribution in [3.05, 3.63) is 85.1 Å². The van der Waals surface area contributed by atoms with Gasteiger partial charge in [-0.1, -0.05) is 285 Å². The maximum Gasteiger partial charge on any atom is 0.220 e. The average molecular weight is 919 g/mol. The van der Waals surface area contributed by atoms with Gasteiger partial charge in [-0.3, -0.25) is 4.79 Å². The van der Waals surface area contributed by atoms with Crippen molar-refractivity contribution in [3.63, 3.8) is 0 Å². The molecule has 2 unspecified atom stereocenters. The van der Waals surface area contributed by atoms with Crippen molar-refractivity contribution in [1.82, 2.24) is 5.32 Å². The fourth-order valence-corrected chi connectivity index (χ4v) is 8.52. The number of aliphatic hydroxyl groups excluding tert-OH is 2. The van der Waals surface area contributed by atoms with Crippen molar-refractivity contribution in [2.75, 3.05) is 6.61 Å². The van der Waals surface area contributed by atoms with Gasteiger partial charge in [0.2, 0.25) is 5.91 Å². The Morgan fingerprint density at radius 3 is 1.06 bits per heavy atom. The van der Waals surface area contributed by atoms with Crippen LogP contribution in [-0.4, -0.2) is 34.9 Å². The number of unbranched alkanes of at least 4 members (excludes halogenated alkanes) is 33. The minimum Gasteiger partial charge on any atom is -0.394 e. The number of aliphatic hydroxyl groups is 2. The molecule has 382 valence electrons. The summed E-state index contributed by atoms with van der Waals surface area (Å²) in [6, 6.07) is -0.647. The predicted octanol–water partition coefficient (Wildman–Crippen LogP) is 19.1. The Morgan fingerprint density at radius 1 is 0.379 bits per heavy atom. The van der Waals surface area contributed by atoms with Gasteiger partial charge in [-0.25, -0.2) is 0 Å². The maximum atomic E-state index is 12.5. The standard InChI is InChI=1S/C62H111NO3/c1-3-5-7-9-11-13-15-17-19-21-23-25-27-29-31-33-35-37-39-41-43-45-47-49-51-53-55-57-61(65)60(59-64)63-62(66)58-56-54-52-50-48-46-44-42-40-38-36-34-32-30-28-26-24-22-20-18-16-14-12-10-8-6-4-2/h6,8,12,14,18,20,24,26,30,32,47,49,55,57,60-61,64-65H,3-5,7,9-11,13,15-17,19,21-23,25,27-29,31,33-46,48,50-54,56,58-59H2,1-2H3,(H,63,66)/b8-6-,14-12-,20-18-,26-24-,32-30-,49-47+,57-55+. The third-order valence-corrected chi connectivity index (χ3v) is 12.9. The topological polar surface area (TPSA) is 69.6 Å². The summed E-state index contributed by atoms with van der Waals surface area (Å²) in [5, 5.41) is 23.2. The summed E-state index contributed by atoms with van der Waals surface area (Å²) in [7, 11) is 0. The van der Waals surface area contributed by atoms with E-state index < -0.39 is 12.1 Å². The lowest BCUT2D eigenvalue weighted by Crippen LogP contribution is -2.45. The summed E-state index contributed by atoms with van der Waals surface area (Å²) < 4.78 is 0. The van der Waals surface area contributed by atoms with Crippen LogP contribution in [0.15, 0.2) is 85.1 Å². The number of rotatable bonds is 52. The van der Waals surface area contributed by atoms with Gasteiger partial charge >= 0.3 is 0 Å². The second kappa shape index (κ2) is 56.9. The van der Waals surface area contributed by atoms with Crippen LogP contribution in [-0.2, 0) is 4.79 Å². The van der Waals surface area contributed by atoms with Gasteiger partial charge in [0.1, 0.15) is 0 Å². The van der Waals surface area contributed by atoms with E-state index in [4.69, 9.17) is 0 Å². The minimum absolute atomic E-state index is 0.0778. The van der Waals surface area contributed by atoms with E-state index in [1.165, 1.54) is 199 Å². The van der Waals surface area contributed by atoms with Crippen molar-refractivity contribution in [2.45, 2.75) is 296 Å². The Bertz CT molecular complexity index is 1180. The van der Waals surface area contributed by atoms with Crippen LogP contribution in [0.1, 0.15) is 284 Å². The van der Waals surface area contributed by atoms with Gasteiger partial charge < -0.3 is 15.5 Å². The molecule has 0 aliphatic heterocycles. The lowest BCUT2D eigenvalue weighted by atomic mass is 10.0. The molecule has 0 saturated heterocycles. The van der Waals surface area contributed by atoms with Crippen LogP contribution in [0.3, 0.4) is 0 Å². The first-order valence-electron chi connectivity index (χ1n) is 28.8. The molecule has 3 N–H and O–H groups in total. The summed E-state index contributed by atoms with van der Waals surface area (Å²) in [5.74, 6) is -0.0778. The monoisotopic (exact) mass is 918 g/mol. The van der Waals surface area contributed by atoms with E-state index in [9.17, 15) is 15.0 Å². The smallest absolute Gasteiger partial charge is 0.220 e. The molecule has 0 aromatic rings. The first-order chi connectivity index (χ1) is 32.7. The predicted molar refractivity (Wildman–Crippen MR) is 294 cm³/mol. The molecule has 0 aromatic carbocycles. The van der Waals surface area contributed by atoms with E-state index in [-0.39, 0.29) is 12.5 Å². The molecule has 0 aliphatic rings. The molecule has 0 bridgehead atoms. The molecule has 0 heterocycles. The lowest BCUT2D eigenvalue weighted by molar-refractivity contribution is -0.123. The average Bonchev–Trinajstić information content (AvgIpc) is 3.32. The van der Waals surface area contributed by atoms with E-state index >= 15 is 0 Å². The molecule has 0 fully saturated rings. The van der Waals surface area contributed by atoms with E-state index in [0.29, 0.717) is 6.42 Å². The van der Waals surface area contributed by atoms with Crippen molar-refractivity contribution in [3.8, 4) is 0 Å². The van der Waals surface area contributed by atoms with E-state index in [1.807, 2.05) is 6.08 Å². The number of amides is 1. The van der Waals surface area contributed by atoms with Gasteiger partial charge in [0, 0.05) is 6.42 Å². The van der Waals surface area contributed by atoms with Crippen LogP contribution in [0.5, 0.6) is 0 Å². The number of carbonyl (C=O) groups is 1. The fourth-order valence-electron chi connectivity index (χ4n) is 8.52. The second-order valence-electron chi connectivity index (χ2n) is 19.3. The van der Waals surface area contributed by atoms with Crippen LogP contribution in [0.25, 0.3) is 0 Å². The van der Waals surface area contributed by atoms with Crippen molar-refractivity contribution in [1.29, 1.82) is 0 Å². The third kappa shape index (κ3) is 52.5. The van der Waals surface area contributed by atoms with Crippen molar-refractivity contribution < 1.29 is 15.0 Å². The molecule has 0 saturated carbocycles. The number of carbonyl (C=O) groups excluding carboxylic acids is 1. The molecule has 66 heavy (non-hydrogen) atoms. The zero-order valence-corrected chi connectivity index (χ0v) is 43.9. The fraction of sp³-hybridized carbons (Fsp3) is 0.758. The van der Waals surface area contributed by atoms with Gasteiger partial charge in [-0.2, -0.15) is 0 Å². The van der Waals surface area contributed by atoms with Crippen LogP contribution in [0, 0.1) is 0 Å². The van der Waals surface area contributed by atoms with Crippen molar-refractivity contribution >= 4 is 5.91 Å². The van der Waals surface area contributed by atoms with Crippen LogP contribution < -0.4 is 5.32 Å². The Balaban J connectivity index is 3.56.